The quantitative estimate of drug-likeness (QED) is 0.819. The number of nitrogens with zero attached hydrogens (tertiary/aromatic N) is 3. The molecule has 0 atom stereocenters. The Kier molecular flexibility index (Phi) is 6.20. The van der Waals surface area contributed by atoms with Crippen LogP contribution in [0.1, 0.15) is 31.7 Å². The molecule has 0 radical (unpaired) electrons. The van der Waals surface area contributed by atoms with Crippen molar-refractivity contribution in [1.82, 2.24) is 15.1 Å². The van der Waals surface area contributed by atoms with Crippen LogP contribution in [0.15, 0.2) is 0 Å². The van der Waals surface area contributed by atoms with E-state index in [4.69, 9.17) is 16.7 Å². The summed E-state index contributed by atoms with van der Waals surface area (Å²) in [6, 6.07) is 0.481. The van der Waals surface area contributed by atoms with E-state index in [2.05, 4.69) is 28.9 Å². The predicted molar refractivity (Wildman–Crippen MR) is 66.8 cm³/mol. The molecule has 0 aliphatic heterocycles. The van der Waals surface area contributed by atoms with Crippen LogP contribution in [0.3, 0.4) is 0 Å². The predicted octanol–water partition coefficient (Wildman–Crippen LogP) is 2.17. The fourth-order valence-corrected chi connectivity index (χ4v) is 2.69. The van der Waals surface area contributed by atoms with Crippen LogP contribution >= 0.6 is 22.9 Å². The van der Waals surface area contributed by atoms with E-state index in [0.29, 0.717) is 17.1 Å². The van der Waals surface area contributed by atoms with Crippen molar-refractivity contribution >= 4 is 22.9 Å². The van der Waals surface area contributed by atoms with Gasteiger partial charge < -0.3 is 5.11 Å². The lowest BCUT2D eigenvalue weighted by atomic mass is 10.1. The van der Waals surface area contributed by atoms with Gasteiger partial charge >= 0.3 is 0 Å². The van der Waals surface area contributed by atoms with Crippen molar-refractivity contribution in [1.29, 1.82) is 0 Å². The van der Waals surface area contributed by atoms with Gasteiger partial charge in [-0.1, -0.05) is 25.2 Å². The van der Waals surface area contributed by atoms with Crippen LogP contribution in [-0.4, -0.2) is 39.4 Å². The van der Waals surface area contributed by atoms with E-state index < -0.39 is 0 Å². The third kappa shape index (κ3) is 3.97. The highest BCUT2D eigenvalue weighted by Gasteiger charge is 2.16. The number of aliphatic hydroxyl groups excluding tert-OH is 1. The average molecular weight is 264 g/mol. The van der Waals surface area contributed by atoms with Gasteiger partial charge in [-0.05, 0) is 24.4 Å². The Hall–Kier alpha value is -0.230. The molecule has 1 rings (SSSR count). The summed E-state index contributed by atoms with van der Waals surface area (Å²) < 4.78 is 0.475. The van der Waals surface area contributed by atoms with Crippen LogP contribution in [0.25, 0.3) is 0 Å². The maximum absolute atomic E-state index is 9.06. The summed E-state index contributed by atoms with van der Waals surface area (Å²) in [5.41, 5.74) is 0. The summed E-state index contributed by atoms with van der Waals surface area (Å²) in [4.78, 5) is 2.23. The van der Waals surface area contributed by atoms with Gasteiger partial charge in [0.15, 0.2) is 0 Å². The fourth-order valence-electron chi connectivity index (χ4n) is 1.80. The molecule has 6 heteroatoms. The Morgan fingerprint density at radius 1 is 1.38 bits per heavy atom. The molecule has 16 heavy (non-hydrogen) atoms. The first kappa shape index (κ1) is 13.8. The standard InChI is InChI=1S/C10H18ClN3OS/c1-3-8(4-2)14(5-6-15)7-9-12-13-10(11)16-9/h8,15H,3-7H2,1-2H3. The average Bonchev–Trinajstić information content (AvgIpc) is 2.66. The Balaban J connectivity index is 2.63. The number of aromatic nitrogens is 2. The second-order valence-electron chi connectivity index (χ2n) is 3.61. The summed E-state index contributed by atoms with van der Waals surface area (Å²) in [5, 5.41) is 17.8. The van der Waals surface area contributed by atoms with E-state index in [1.54, 1.807) is 0 Å². The molecule has 1 N–H and O–H groups in total. The number of rotatable bonds is 7. The molecule has 0 aliphatic rings. The second kappa shape index (κ2) is 7.17. The molecule has 0 fully saturated rings. The Morgan fingerprint density at radius 3 is 2.50 bits per heavy atom. The van der Waals surface area contributed by atoms with Gasteiger partial charge in [-0.15, -0.1) is 10.2 Å². The van der Waals surface area contributed by atoms with Gasteiger partial charge in [-0.2, -0.15) is 0 Å². The lowest BCUT2D eigenvalue weighted by Crippen LogP contribution is -2.36. The van der Waals surface area contributed by atoms with Gasteiger partial charge in [-0.25, -0.2) is 0 Å². The van der Waals surface area contributed by atoms with E-state index in [1.165, 1.54) is 11.3 Å². The monoisotopic (exact) mass is 263 g/mol. The smallest absolute Gasteiger partial charge is 0.207 e. The van der Waals surface area contributed by atoms with Crippen molar-refractivity contribution in [2.45, 2.75) is 39.3 Å². The minimum absolute atomic E-state index is 0.170. The van der Waals surface area contributed by atoms with Crippen LogP contribution in [0.5, 0.6) is 0 Å². The Labute approximate surface area is 105 Å². The van der Waals surface area contributed by atoms with Crippen LogP contribution in [-0.2, 0) is 6.54 Å². The maximum atomic E-state index is 9.06. The van der Waals surface area contributed by atoms with Crippen molar-refractivity contribution in [3.8, 4) is 0 Å². The fraction of sp³-hybridized carbons (Fsp3) is 0.800. The molecular weight excluding hydrogens is 246 g/mol. The van der Waals surface area contributed by atoms with E-state index >= 15 is 0 Å². The molecule has 0 saturated carbocycles. The number of hydrogen-bond acceptors (Lipinski definition) is 5. The summed E-state index contributed by atoms with van der Waals surface area (Å²) in [6.45, 7) is 5.88. The van der Waals surface area contributed by atoms with E-state index in [-0.39, 0.29) is 6.61 Å². The first-order valence-corrected chi connectivity index (χ1v) is 6.73. The minimum atomic E-state index is 0.170. The van der Waals surface area contributed by atoms with E-state index in [1.807, 2.05) is 0 Å². The third-order valence-corrected chi connectivity index (χ3v) is 3.63. The van der Waals surface area contributed by atoms with E-state index in [9.17, 15) is 0 Å². The highest BCUT2D eigenvalue weighted by Crippen LogP contribution is 2.19. The zero-order chi connectivity index (χ0) is 12.0. The van der Waals surface area contributed by atoms with Crippen LogP contribution in [0.4, 0.5) is 0 Å². The summed E-state index contributed by atoms with van der Waals surface area (Å²) >= 11 is 7.15. The van der Waals surface area contributed by atoms with Gasteiger partial charge in [0.2, 0.25) is 4.47 Å². The molecule has 0 spiro atoms. The van der Waals surface area contributed by atoms with E-state index in [0.717, 1.165) is 24.4 Å². The lowest BCUT2D eigenvalue weighted by Gasteiger charge is -2.28. The summed E-state index contributed by atoms with van der Waals surface area (Å²) in [7, 11) is 0. The number of aliphatic hydroxyl groups is 1. The molecule has 1 heterocycles. The first-order valence-electron chi connectivity index (χ1n) is 5.54. The van der Waals surface area contributed by atoms with Gasteiger partial charge in [-0.3, -0.25) is 4.90 Å². The molecule has 1 aromatic rings. The molecule has 0 unspecified atom stereocenters. The van der Waals surface area contributed by atoms with Crippen LogP contribution in [0.2, 0.25) is 4.47 Å². The van der Waals surface area contributed by atoms with Crippen molar-refractivity contribution in [2.24, 2.45) is 0 Å². The van der Waals surface area contributed by atoms with Crippen LogP contribution in [0, 0.1) is 0 Å². The molecule has 0 amide bonds. The molecular formula is C10H18ClN3OS. The molecule has 0 saturated heterocycles. The summed E-state index contributed by atoms with van der Waals surface area (Å²) in [6.07, 6.45) is 2.14. The largest absolute Gasteiger partial charge is 0.395 e. The molecule has 92 valence electrons. The molecule has 4 nitrogen and oxygen atoms in total. The van der Waals surface area contributed by atoms with Gasteiger partial charge in [0.25, 0.3) is 0 Å². The lowest BCUT2D eigenvalue weighted by molar-refractivity contribution is 0.136. The van der Waals surface area contributed by atoms with Crippen LogP contribution < -0.4 is 0 Å². The maximum Gasteiger partial charge on any atom is 0.207 e. The SMILES string of the molecule is CCC(CC)N(CCO)Cc1nnc(Cl)s1. The van der Waals surface area contributed by atoms with Gasteiger partial charge in [0.05, 0.1) is 13.2 Å². The van der Waals surface area contributed by atoms with Crippen molar-refractivity contribution < 1.29 is 5.11 Å². The highest BCUT2D eigenvalue weighted by molar-refractivity contribution is 7.15. The van der Waals surface area contributed by atoms with Crippen molar-refractivity contribution in [3.05, 3.63) is 9.47 Å². The number of halogens is 1. The topological polar surface area (TPSA) is 49.2 Å². The Morgan fingerprint density at radius 2 is 2.06 bits per heavy atom. The number of hydrogen-bond donors (Lipinski definition) is 1. The molecule has 1 aromatic heterocycles. The van der Waals surface area contributed by atoms with Crippen molar-refractivity contribution in [2.75, 3.05) is 13.2 Å². The molecule has 0 aliphatic carbocycles. The zero-order valence-corrected chi connectivity index (χ0v) is 11.3. The summed E-state index contributed by atoms with van der Waals surface area (Å²) in [5.74, 6) is 0. The van der Waals surface area contributed by atoms with Gasteiger partial charge in [0, 0.05) is 12.6 Å². The van der Waals surface area contributed by atoms with Crippen molar-refractivity contribution in [3.63, 3.8) is 0 Å². The molecule has 0 aromatic carbocycles. The highest BCUT2D eigenvalue weighted by atomic mass is 35.5. The van der Waals surface area contributed by atoms with Gasteiger partial charge in [0.1, 0.15) is 5.01 Å². The third-order valence-electron chi connectivity index (χ3n) is 2.63. The zero-order valence-electron chi connectivity index (χ0n) is 9.69. The second-order valence-corrected chi connectivity index (χ2v) is 5.26. The molecule has 0 bridgehead atoms. The minimum Gasteiger partial charge on any atom is -0.395 e. The Bertz CT molecular complexity index is 304. The first-order chi connectivity index (χ1) is 7.71. The normalized spacial score (nSPS) is 11.6.